The zero-order chi connectivity index (χ0) is 14.2. The maximum Gasteiger partial charge on any atom is 0.241 e. The Bertz CT molecular complexity index is 588. The van der Waals surface area contributed by atoms with Crippen molar-refractivity contribution < 1.29 is 8.42 Å². The highest BCUT2D eigenvalue weighted by Gasteiger charge is 2.33. The highest BCUT2D eigenvalue weighted by atomic mass is 79.9. The Morgan fingerprint density at radius 1 is 1.35 bits per heavy atom. The van der Waals surface area contributed by atoms with Gasteiger partial charge in [0.05, 0.1) is 4.90 Å². The topological polar surface area (TPSA) is 72.2 Å². The van der Waals surface area contributed by atoms with Gasteiger partial charge in [-0.15, -0.1) is 12.4 Å². The number of rotatable bonds is 5. The second-order valence-corrected chi connectivity index (χ2v) is 7.70. The number of hydrogen-bond donors (Lipinski definition) is 2. The summed E-state index contributed by atoms with van der Waals surface area (Å²) in [5.74, 6) is 0.400. The van der Waals surface area contributed by atoms with Crippen molar-refractivity contribution in [3.8, 4) is 0 Å². The lowest BCUT2D eigenvalue weighted by molar-refractivity contribution is 0.519. The molecule has 2 rings (SSSR count). The Labute approximate surface area is 135 Å². The third kappa shape index (κ3) is 3.95. The minimum absolute atomic E-state index is 0. The van der Waals surface area contributed by atoms with Crippen molar-refractivity contribution in [1.29, 1.82) is 0 Å². The van der Waals surface area contributed by atoms with Gasteiger partial charge in [-0.25, -0.2) is 13.1 Å². The van der Waals surface area contributed by atoms with Crippen LogP contribution in [0.4, 0.5) is 0 Å². The maximum absolute atomic E-state index is 12.4. The van der Waals surface area contributed by atoms with Crippen LogP contribution in [0.5, 0.6) is 0 Å². The molecule has 1 aromatic rings. The van der Waals surface area contributed by atoms with E-state index in [0.29, 0.717) is 17.4 Å². The molecule has 0 heterocycles. The Morgan fingerprint density at radius 2 is 1.95 bits per heavy atom. The lowest BCUT2D eigenvalue weighted by Gasteiger charge is -2.18. The van der Waals surface area contributed by atoms with Gasteiger partial charge in [-0.1, -0.05) is 15.9 Å². The van der Waals surface area contributed by atoms with Crippen LogP contribution in [0.25, 0.3) is 0 Å². The molecular formula is C13H20BrClN2O2S. The summed E-state index contributed by atoms with van der Waals surface area (Å²) >= 11 is 3.41. The molecule has 1 aliphatic rings. The third-order valence-electron chi connectivity index (χ3n) is 3.50. The fraction of sp³-hybridized carbons (Fsp3) is 0.538. The van der Waals surface area contributed by atoms with Gasteiger partial charge in [0.1, 0.15) is 0 Å². The predicted molar refractivity (Wildman–Crippen MR) is 86.8 cm³/mol. The largest absolute Gasteiger partial charge is 0.329 e. The van der Waals surface area contributed by atoms with Crippen LogP contribution in [0.15, 0.2) is 21.5 Å². The van der Waals surface area contributed by atoms with Crippen molar-refractivity contribution in [3.05, 3.63) is 27.7 Å². The molecule has 1 atom stereocenters. The zero-order valence-electron chi connectivity index (χ0n) is 11.5. The summed E-state index contributed by atoms with van der Waals surface area (Å²) in [5, 5.41) is 0. The molecule has 0 radical (unpaired) electrons. The molecule has 114 valence electrons. The predicted octanol–water partition coefficient (Wildman–Crippen LogP) is 2.50. The fourth-order valence-corrected chi connectivity index (χ4v) is 4.23. The minimum Gasteiger partial charge on any atom is -0.329 e. The molecule has 3 N–H and O–H groups in total. The van der Waals surface area contributed by atoms with Gasteiger partial charge in [-0.3, -0.25) is 0 Å². The van der Waals surface area contributed by atoms with Crippen molar-refractivity contribution in [2.75, 3.05) is 6.54 Å². The molecule has 1 aliphatic carbocycles. The van der Waals surface area contributed by atoms with Crippen molar-refractivity contribution in [2.45, 2.75) is 37.6 Å². The number of hydrogen-bond acceptors (Lipinski definition) is 3. The second-order valence-electron chi connectivity index (χ2n) is 5.17. The van der Waals surface area contributed by atoms with E-state index in [9.17, 15) is 8.42 Å². The molecule has 20 heavy (non-hydrogen) atoms. The minimum atomic E-state index is -3.50. The molecule has 1 fully saturated rings. The first-order chi connectivity index (χ1) is 8.85. The van der Waals surface area contributed by atoms with Gasteiger partial charge in [-0.05, 0) is 55.9 Å². The van der Waals surface area contributed by atoms with Crippen molar-refractivity contribution in [2.24, 2.45) is 11.7 Å². The van der Waals surface area contributed by atoms with Crippen LogP contribution < -0.4 is 10.5 Å². The quantitative estimate of drug-likeness (QED) is 0.820. The van der Waals surface area contributed by atoms with Gasteiger partial charge in [0.2, 0.25) is 10.0 Å². The van der Waals surface area contributed by atoms with E-state index in [4.69, 9.17) is 5.73 Å². The Kier molecular flexibility index (Phi) is 6.04. The van der Waals surface area contributed by atoms with Crippen molar-refractivity contribution in [1.82, 2.24) is 4.72 Å². The number of nitrogens with one attached hydrogen (secondary N) is 1. The summed E-state index contributed by atoms with van der Waals surface area (Å²) in [6.07, 6.45) is 2.12. The standard InChI is InChI=1S/C13H19BrN2O2S.ClH/c1-8-6-13(9(2)5-11(8)14)19(17,18)16-12(7-15)10-3-4-10;/h5-6,10,12,16H,3-4,7,15H2,1-2H3;1H. The first-order valence-electron chi connectivity index (χ1n) is 6.34. The van der Waals surface area contributed by atoms with E-state index in [1.165, 1.54) is 0 Å². The number of benzene rings is 1. The summed E-state index contributed by atoms with van der Waals surface area (Å²) in [7, 11) is -3.50. The monoisotopic (exact) mass is 382 g/mol. The second kappa shape index (κ2) is 6.75. The molecular weight excluding hydrogens is 364 g/mol. The van der Waals surface area contributed by atoms with Crippen LogP contribution in [0.1, 0.15) is 24.0 Å². The third-order valence-corrected chi connectivity index (χ3v) is 5.98. The average molecular weight is 384 g/mol. The SMILES string of the molecule is Cc1cc(S(=O)(=O)NC(CN)C2CC2)c(C)cc1Br.Cl. The Balaban J connectivity index is 0.00000200. The van der Waals surface area contributed by atoms with Gasteiger partial charge in [-0.2, -0.15) is 0 Å². The molecule has 1 saturated carbocycles. The van der Waals surface area contributed by atoms with Crippen LogP contribution >= 0.6 is 28.3 Å². The van der Waals surface area contributed by atoms with Gasteiger partial charge >= 0.3 is 0 Å². The van der Waals surface area contributed by atoms with Gasteiger partial charge < -0.3 is 5.73 Å². The van der Waals surface area contributed by atoms with Crippen LogP contribution in [0, 0.1) is 19.8 Å². The normalized spacial score (nSPS) is 16.6. The van der Waals surface area contributed by atoms with Gasteiger partial charge in [0.15, 0.2) is 0 Å². The van der Waals surface area contributed by atoms with Crippen LogP contribution in [0.3, 0.4) is 0 Å². The molecule has 0 spiro atoms. The van der Waals surface area contributed by atoms with Crippen LogP contribution in [-0.2, 0) is 10.0 Å². The van der Waals surface area contributed by atoms with E-state index in [1.807, 2.05) is 13.0 Å². The van der Waals surface area contributed by atoms with Gasteiger partial charge in [0.25, 0.3) is 0 Å². The van der Waals surface area contributed by atoms with Crippen LogP contribution in [0.2, 0.25) is 0 Å². The molecule has 0 aliphatic heterocycles. The van der Waals surface area contributed by atoms with Crippen LogP contribution in [-0.4, -0.2) is 21.0 Å². The molecule has 0 aromatic heterocycles. The summed E-state index contributed by atoms with van der Waals surface area (Å²) in [6.45, 7) is 4.02. The highest BCUT2D eigenvalue weighted by molar-refractivity contribution is 9.10. The van der Waals surface area contributed by atoms with E-state index in [-0.39, 0.29) is 18.4 Å². The average Bonchev–Trinajstić information content (AvgIpc) is 3.14. The van der Waals surface area contributed by atoms with Crippen molar-refractivity contribution in [3.63, 3.8) is 0 Å². The molecule has 0 saturated heterocycles. The van der Waals surface area contributed by atoms with E-state index in [0.717, 1.165) is 28.4 Å². The molecule has 0 bridgehead atoms. The molecule has 1 aromatic carbocycles. The van der Waals surface area contributed by atoms with E-state index in [2.05, 4.69) is 20.7 Å². The summed E-state index contributed by atoms with van der Waals surface area (Å²) in [4.78, 5) is 0.340. The molecule has 0 amide bonds. The fourth-order valence-electron chi connectivity index (χ4n) is 2.14. The number of halogens is 2. The lowest BCUT2D eigenvalue weighted by Crippen LogP contribution is -2.41. The molecule has 4 nitrogen and oxygen atoms in total. The zero-order valence-corrected chi connectivity index (χ0v) is 14.7. The van der Waals surface area contributed by atoms with Crippen molar-refractivity contribution >= 4 is 38.4 Å². The van der Waals surface area contributed by atoms with Gasteiger partial charge in [0, 0.05) is 17.1 Å². The smallest absolute Gasteiger partial charge is 0.241 e. The molecule has 1 unspecified atom stereocenters. The number of aryl methyl sites for hydroxylation is 2. The first kappa shape index (κ1) is 17.9. The van der Waals surface area contributed by atoms with E-state index in [1.54, 1.807) is 13.0 Å². The maximum atomic E-state index is 12.4. The Hall–Kier alpha value is -0.140. The van der Waals surface area contributed by atoms with E-state index < -0.39 is 10.0 Å². The summed E-state index contributed by atoms with van der Waals surface area (Å²) in [5.41, 5.74) is 7.29. The summed E-state index contributed by atoms with van der Waals surface area (Å²) < 4.78 is 28.5. The van der Waals surface area contributed by atoms with E-state index >= 15 is 0 Å². The molecule has 7 heteroatoms. The summed E-state index contributed by atoms with van der Waals surface area (Å²) in [6, 6.07) is 3.38. The Morgan fingerprint density at radius 3 is 2.45 bits per heavy atom. The highest BCUT2D eigenvalue weighted by Crippen LogP contribution is 2.33. The number of nitrogens with two attached hydrogens (primary N) is 1. The lowest BCUT2D eigenvalue weighted by atomic mass is 10.2. The first-order valence-corrected chi connectivity index (χ1v) is 8.62. The number of sulfonamides is 1.